The molecule has 7 heteroatoms. The highest BCUT2D eigenvalue weighted by Gasteiger charge is 2.10. The molecule has 2 aromatic rings. The summed E-state index contributed by atoms with van der Waals surface area (Å²) in [5.41, 5.74) is 0.703. The van der Waals surface area contributed by atoms with Gasteiger partial charge in [-0.1, -0.05) is 11.6 Å². The van der Waals surface area contributed by atoms with E-state index in [1.807, 2.05) is 0 Å². The van der Waals surface area contributed by atoms with E-state index in [0.29, 0.717) is 33.8 Å². The second-order valence-electron chi connectivity index (χ2n) is 3.85. The van der Waals surface area contributed by atoms with Gasteiger partial charge in [-0.25, -0.2) is 9.97 Å². The summed E-state index contributed by atoms with van der Waals surface area (Å²) in [4.78, 5) is 8.20. The molecular formula is C13H15ClN4O2. The zero-order valence-electron chi connectivity index (χ0n) is 11.4. The van der Waals surface area contributed by atoms with E-state index in [2.05, 4.69) is 20.6 Å². The number of nitrogens with one attached hydrogen (secondary N) is 2. The van der Waals surface area contributed by atoms with Crippen LogP contribution in [0.2, 0.25) is 5.02 Å². The maximum Gasteiger partial charge on any atom is 0.144 e. The molecule has 0 fully saturated rings. The molecule has 2 rings (SSSR count). The molecule has 0 amide bonds. The van der Waals surface area contributed by atoms with Crippen LogP contribution in [0.1, 0.15) is 0 Å². The van der Waals surface area contributed by atoms with Crippen LogP contribution < -0.4 is 20.1 Å². The van der Waals surface area contributed by atoms with Gasteiger partial charge in [-0.05, 0) is 0 Å². The molecule has 106 valence electrons. The Bertz CT molecular complexity index is 607. The summed E-state index contributed by atoms with van der Waals surface area (Å²) < 4.78 is 10.5. The fourth-order valence-corrected chi connectivity index (χ4v) is 1.89. The Labute approximate surface area is 122 Å². The highest BCUT2D eigenvalue weighted by Crippen LogP contribution is 2.37. The van der Waals surface area contributed by atoms with Gasteiger partial charge in [0, 0.05) is 25.2 Å². The molecule has 0 saturated carbocycles. The number of anilines is 3. The van der Waals surface area contributed by atoms with Crippen LogP contribution in [-0.4, -0.2) is 31.2 Å². The smallest absolute Gasteiger partial charge is 0.144 e. The first-order valence-electron chi connectivity index (χ1n) is 5.86. The molecule has 0 radical (unpaired) electrons. The standard InChI is InChI=1S/C13H15ClN4O2/c1-15-12-6-13(17-7-16-12)18-9-5-10(19-2)8(14)4-11(9)20-3/h4-7H,1-3H3,(H2,15,16,17,18). The van der Waals surface area contributed by atoms with Crippen molar-refractivity contribution in [3.8, 4) is 11.5 Å². The number of aromatic nitrogens is 2. The van der Waals surface area contributed by atoms with Crippen molar-refractivity contribution >= 4 is 28.9 Å². The van der Waals surface area contributed by atoms with Gasteiger partial charge < -0.3 is 20.1 Å². The summed E-state index contributed by atoms with van der Waals surface area (Å²) in [5.74, 6) is 2.49. The first-order chi connectivity index (χ1) is 9.67. The van der Waals surface area contributed by atoms with Crippen molar-refractivity contribution in [1.82, 2.24) is 9.97 Å². The van der Waals surface area contributed by atoms with E-state index in [9.17, 15) is 0 Å². The lowest BCUT2D eigenvalue weighted by molar-refractivity contribution is 0.405. The van der Waals surface area contributed by atoms with E-state index < -0.39 is 0 Å². The van der Waals surface area contributed by atoms with Crippen LogP contribution in [-0.2, 0) is 0 Å². The SMILES string of the molecule is CNc1cc(Nc2cc(OC)c(Cl)cc2OC)ncn1. The van der Waals surface area contributed by atoms with E-state index in [0.717, 1.165) is 0 Å². The molecule has 0 aliphatic carbocycles. The molecule has 20 heavy (non-hydrogen) atoms. The van der Waals surface area contributed by atoms with E-state index in [1.54, 1.807) is 39.5 Å². The molecule has 1 aromatic carbocycles. The number of hydrogen-bond donors (Lipinski definition) is 2. The highest BCUT2D eigenvalue weighted by molar-refractivity contribution is 6.32. The monoisotopic (exact) mass is 294 g/mol. The third-order valence-electron chi connectivity index (χ3n) is 2.66. The highest BCUT2D eigenvalue weighted by atomic mass is 35.5. The minimum Gasteiger partial charge on any atom is -0.495 e. The summed E-state index contributed by atoms with van der Waals surface area (Å²) in [7, 11) is 4.92. The molecule has 1 heterocycles. The second kappa shape index (κ2) is 6.29. The maximum absolute atomic E-state index is 6.06. The topological polar surface area (TPSA) is 68.3 Å². The number of hydrogen-bond acceptors (Lipinski definition) is 6. The van der Waals surface area contributed by atoms with Crippen LogP contribution in [0, 0.1) is 0 Å². The van der Waals surface area contributed by atoms with E-state index in [1.165, 1.54) is 6.33 Å². The van der Waals surface area contributed by atoms with Crippen LogP contribution in [0.25, 0.3) is 0 Å². The van der Waals surface area contributed by atoms with Crippen LogP contribution in [0.4, 0.5) is 17.3 Å². The predicted molar refractivity (Wildman–Crippen MR) is 79.4 cm³/mol. The van der Waals surface area contributed by atoms with Gasteiger partial charge in [-0.2, -0.15) is 0 Å². The summed E-state index contributed by atoms with van der Waals surface area (Å²) in [6.07, 6.45) is 1.47. The quantitative estimate of drug-likeness (QED) is 0.884. The molecule has 2 N–H and O–H groups in total. The van der Waals surface area contributed by atoms with Gasteiger partial charge in [-0.15, -0.1) is 0 Å². The lowest BCUT2D eigenvalue weighted by Gasteiger charge is -2.13. The average Bonchev–Trinajstić information content (AvgIpc) is 2.48. The molecule has 0 saturated heterocycles. The first kappa shape index (κ1) is 14.2. The van der Waals surface area contributed by atoms with Crippen LogP contribution in [0.3, 0.4) is 0 Å². The van der Waals surface area contributed by atoms with Crippen molar-refractivity contribution in [2.45, 2.75) is 0 Å². The zero-order valence-corrected chi connectivity index (χ0v) is 12.2. The Morgan fingerprint density at radius 3 is 2.35 bits per heavy atom. The Hall–Kier alpha value is -2.21. The van der Waals surface area contributed by atoms with Gasteiger partial charge >= 0.3 is 0 Å². The summed E-state index contributed by atoms with van der Waals surface area (Å²) in [5, 5.41) is 6.57. The summed E-state index contributed by atoms with van der Waals surface area (Å²) >= 11 is 6.06. The number of halogens is 1. The van der Waals surface area contributed by atoms with Gasteiger partial charge in [0.15, 0.2) is 0 Å². The Kier molecular flexibility index (Phi) is 4.47. The minimum atomic E-state index is 0.480. The summed E-state index contributed by atoms with van der Waals surface area (Å²) in [6.45, 7) is 0. The third-order valence-corrected chi connectivity index (χ3v) is 2.96. The van der Waals surface area contributed by atoms with Crippen LogP contribution in [0.15, 0.2) is 24.5 Å². The largest absolute Gasteiger partial charge is 0.495 e. The van der Waals surface area contributed by atoms with Gasteiger partial charge in [-0.3, -0.25) is 0 Å². The average molecular weight is 295 g/mol. The van der Waals surface area contributed by atoms with Crippen LogP contribution in [0.5, 0.6) is 11.5 Å². The van der Waals surface area contributed by atoms with Crippen molar-refractivity contribution in [1.29, 1.82) is 0 Å². The fraction of sp³-hybridized carbons (Fsp3) is 0.231. The first-order valence-corrected chi connectivity index (χ1v) is 6.24. The second-order valence-corrected chi connectivity index (χ2v) is 4.26. The molecule has 0 spiro atoms. The number of nitrogens with zero attached hydrogens (tertiary/aromatic N) is 2. The van der Waals surface area contributed by atoms with E-state index in [-0.39, 0.29) is 0 Å². The predicted octanol–water partition coefficient (Wildman–Crippen LogP) is 2.93. The number of benzene rings is 1. The van der Waals surface area contributed by atoms with Crippen LogP contribution >= 0.6 is 11.6 Å². The van der Waals surface area contributed by atoms with Gasteiger partial charge in [0.05, 0.1) is 24.9 Å². The third kappa shape index (κ3) is 3.03. The van der Waals surface area contributed by atoms with Crippen molar-refractivity contribution in [3.05, 3.63) is 29.5 Å². The zero-order chi connectivity index (χ0) is 14.5. The maximum atomic E-state index is 6.06. The van der Waals surface area contributed by atoms with Gasteiger partial charge in [0.2, 0.25) is 0 Å². The molecule has 6 nitrogen and oxygen atoms in total. The molecule has 0 unspecified atom stereocenters. The molecule has 0 aliphatic heterocycles. The minimum absolute atomic E-state index is 0.480. The van der Waals surface area contributed by atoms with Gasteiger partial charge in [0.1, 0.15) is 29.5 Å². The number of methoxy groups -OCH3 is 2. The van der Waals surface area contributed by atoms with Crippen molar-refractivity contribution in [3.63, 3.8) is 0 Å². The molecule has 0 bridgehead atoms. The fourth-order valence-electron chi connectivity index (χ4n) is 1.66. The van der Waals surface area contributed by atoms with E-state index in [4.69, 9.17) is 21.1 Å². The van der Waals surface area contributed by atoms with E-state index >= 15 is 0 Å². The Balaban J connectivity index is 2.36. The molecule has 0 atom stereocenters. The van der Waals surface area contributed by atoms with Crippen molar-refractivity contribution in [2.24, 2.45) is 0 Å². The number of rotatable bonds is 5. The normalized spacial score (nSPS) is 10.0. The molecule has 1 aromatic heterocycles. The van der Waals surface area contributed by atoms with Crippen molar-refractivity contribution in [2.75, 3.05) is 31.9 Å². The molecular weight excluding hydrogens is 280 g/mol. The number of ether oxygens (including phenoxy) is 2. The Morgan fingerprint density at radius 2 is 1.70 bits per heavy atom. The summed E-state index contributed by atoms with van der Waals surface area (Å²) in [6, 6.07) is 5.21. The van der Waals surface area contributed by atoms with Gasteiger partial charge in [0.25, 0.3) is 0 Å². The lowest BCUT2D eigenvalue weighted by Crippen LogP contribution is -2.00. The molecule has 0 aliphatic rings. The lowest BCUT2D eigenvalue weighted by atomic mass is 10.2. The van der Waals surface area contributed by atoms with Crippen molar-refractivity contribution < 1.29 is 9.47 Å². The Morgan fingerprint density at radius 1 is 1.00 bits per heavy atom.